The number of rotatable bonds is 0. The molecule has 0 heterocycles. The van der Waals surface area contributed by atoms with E-state index in [2.05, 4.69) is 0 Å². The molecule has 0 amide bonds. The first-order valence-electron chi connectivity index (χ1n) is 4.39. The number of fused-ring (bicyclic) bond motifs is 5. The second kappa shape index (κ2) is 1.46. The molecule has 54 valence electrons. The molecule has 0 unspecified atom stereocenters. The van der Waals surface area contributed by atoms with E-state index in [1.165, 1.54) is 19.3 Å². The monoisotopic (exact) mass is 136 g/mol. The highest BCUT2D eigenvalue weighted by Crippen LogP contribution is 2.59. The Morgan fingerprint density at radius 3 is 2.60 bits per heavy atom. The van der Waals surface area contributed by atoms with Gasteiger partial charge in [-0.1, -0.05) is 0 Å². The molecule has 2 bridgehead atoms. The first-order valence-corrected chi connectivity index (χ1v) is 4.39. The summed E-state index contributed by atoms with van der Waals surface area (Å²) < 4.78 is 0. The van der Waals surface area contributed by atoms with Crippen LogP contribution in [0, 0.1) is 23.7 Å². The molecule has 0 aliphatic heterocycles. The summed E-state index contributed by atoms with van der Waals surface area (Å²) in [5.74, 6) is 3.78. The quantitative estimate of drug-likeness (QED) is 0.494. The molecule has 3 rings (SSSR count). The van der Waals surface area contributed by atoms with Crippen LogP contribution < -0.4 is 0 Å². The van der Waals surface area contributed by atoms with Crippen molar-refractivity contribution in [3.63, 3.8) is 0 Å². The number of hydrogen-bond acceptors (Lipinski definition) is 1. The fourth-order valence-corrected chi connectivity index (χ4v) is 3.41. The van der Waals surface area contributed by atoms with Crippen LogP contribution in [-0.4, -0.2) is 5.78 Å². The summed E-state index contributed by atoms with van der Waals surface area (Å²) in [5.41, 5.74) is 0. The molecular formula is C9H12O. The number of carbonyl (C=O) groups excluding carboxylic acids is 1. The largest absolute Gasteiger partial charge is 0.299 e. The van der Waals surface area contributed by atoms with E-state index in [-0.39, 0.29) is 0 Å². The van der Waals surface area contributed by atoms with Crippen molar-refractivity contribution in [1.29, 1.82) is 0 Å². The Balaban J connectivity index is 1.95. The molecule has 0 spiro atoms. The lowest BCUT2D eigenvalue weighted by atomic mass is 9.65. The molecule has 3 aliphatic rings. The maximum atomic E-state index is 11.1. The van der Waals surface area contributed by atoms with Crippen LogP contribution in [0.4, 0.5) is 0 Å². The fourth-order valence-electron chi connectivity index (χ4n) is 3.41. The van der Waals surface area contributed by atoms with Gasteiger partial charge in [-0.05, 0) is 37.0 Å². The van der Waals surface area contributed by atoms with Crippen molar-refractivity contribution in [2.45, 2.75) is 25.7 Å². The predicted molar refractivity (Wildman–Crippen MR) is 37.4 cm³/mol. The lowest BCUT2D eigenvalue weighted by Crippen LogP contribution is -2.41. The van der Waals surface area contributed by atoms with Crippen LogP contribution >= 0.6 is 0 Å². The van der Waals surface area contributed by atoms with Gasteiger partial charge in [0.2, 0.25) is 0 Å². The summed E-state index contributed by atoms with van der Waals surface area (Å²) in [6.45, 7) is 0. The highest BCUT2D eigenvalue weighted by Gasteiger charge is 2.56. The smallest absolute Gasteiger partial charge is 0.136 e. The Hall–Kier alpha value is -0.330. The molecule has 10 heavy (non-hydrogen) atoms. The molecule has 1 nitrogen and oxygen atoms in total. The minimum atomic E-state index is 0.554. The molecule has 0 radical (unpaired) electrons. The Morgan fingerprint density at radius 2 is 2.00 bits per heavy atom. The van der Waals surface area contributed by atoms with E-state index in [1.807, 2.05) is 0 Å². The van der Waals surface area contributed by atoms with Crippen molar-refractivity contribution >= 4 is 5.78 Å². The second-order valence-corrected chi connectivity index (χ2v) is 4.19. The van der Waals surface area contributed by atoms with Gasteiger partial charge in [-0.3, -0.25) is 4.79 Å². The number of ketones is 1. The van der Waals surface area contributed by atoms with Gasteiger partial charge in [-0.15, -0.1) is 0 Å². The minimum Gasteiger partial charge on any atom is -0.299 e. The van der Waals surface area contributed by atoms with Crippen molar-refractivity contribution in [1.82, 2.24) is 0 Å². The van der Waals surface area contributed by atoms with E-state index in [4.69, 9.17) is 0 Å². The molecular weight excluding hydrogens is 124 g/mol. The van der Waals surface area contributed by atoms with Gasteiger partial charge in [0.05, 0.1) is 0 Å². The van der Waals surface area contributed by atoms with Crippen molar-refractivity contribution in [3.05, 3.63) is 0 Å². The summed E-state index contributed by atoms with van der Waals surface area (Å²) >= 11 is 0. The van der Waals surface area contributed by atoms with Gasteiger partial charge in [-0.2, -0.15) is 0 Å². The average Bonchev–Trinajstić information content (AvgIpc) is 2.40. The van der Waals surface area contributed by atoms with Crippen LogP contribution in [-0.2, 0) is 4.79 Å². The summed E-state index contributed by atoms with van der Waals surface area (Å²) in [6.07, 6.45) is 5.11. The molecule has 1 heteroatoms. The van der Waals surface area contributed by atoms with Gasteiger partial charge < -0.3 is 0 Å². The van der Waals surface area contributed by atoms with Gasteiger partial charge in [0, 0.05) is 12.3 Å². The molecule has 0 N–H and O–H groups in total. The number of carbonyl (C=O) groups is 1. The third kappa shape index (κ3) is 0.415. The summed E-state index contributed by atoms with van der Waals surface area (Å²) in [4.78, 5) is 11.1. The fraction of sp³-hybridized carbons (Fsp3) is 0.889. The molecule has 0 aromatic heterocycles. The molecule has 3 aliphatic carbocycles. The van der Waals surface area contributed by atoms with Crippen LogP contribution in [0.2, 0.25) is 0 Å². The Kier molecular flexibility index (Phi) is 0.781. The highest BCUT2D eigenvalue weighted by atomic mass is 16.1. The third-order valence-electron chi connectivity index (χ3n) is 3.90. The summed E-state index contributed by atoms with van der Waals surface area (Å²) in [5, 5.41) is 0. The standard InChI is InChI=1S/C9H12O/c10-8-4-7-5-1-2-6(3-5)9(7)8/h5-7,9H,1-4H2/t5-,6+,7-,9-/m1/s1. The molecule has 0 aromatic rings. The summed E-state index contributed by atoms with van der Waals surface area (Å²) in [6, 6.07) is 0. The van der Waals surface area contributed by atoms with Crippen molar-refractivity contribution < 1.29 is 4.79 Å². The zero-order valence-corrected chi connectivity index (χ0v) is 6.05. The van der Waals surface area contributed by atoms with Crippen LogP contribution in [0.5, 0.6) is 0 Å². The first-order chi connectivity index (χ1) is 4.86. The van der Waals surface area contributed by atoms with E-state index in [9.17, 15) is 4.79 Å². The zero-order valence-electron chi connectivity index (χ0n) is 6.05. The molecule has 0 saturated heterocycles. The minimum absolute atomic E-state index is 0.554. The zero-order chi connectivity index (χ0) is 6.72. The van der Waals surface area contributed by atoms with Crippen molar-refractivity contribution in [3.8, 4) is 0 Å². The SMILES string of the molecule is O=C1C[C@@H]2[C@@H]3CC[C@@H](C3)[C@@H]12. The van der Waals surface area contributed by atoms with Gasteiger partial charge in [0.1, 0.15) is 5.78 Å². The molecule has 0 aromatic carbocycles. The number of Topliss-reactive ketones (excluding diaryl/α,β-unsaturated/α-hetero) is 1. The van der Waals surface area contributed by atoms with Crippen LogP contribution in [0.3, 0.4) is 0 Å². The van der Waals surface area contributed by atoms with Crippen molar-refractivity contribution in [2.24, 2.45) is 23.7 Å². The molecule has 3 fully saturated rings. The summed E-state index contributed by atoms with van der Waals surface area (Å²) in [7, 11) is 0. The van der Waals surface area contributed by atoms with E-state index < -0.39 is 0 Å². The van der Waals surface area contributed by atoms with Gasteiger partial charge in [0.15, 0.2) is 0 Å². The lowest BCUT2D eigenvalue weighted by Gasteiger charge is -2.38. The Bertz CT molecular complexity index is 195. The van der Waals surface area contributed by atoms with E-state index in [0.717, 1.165) is 24.2 Å². The molecule has 4 atom stereocenters. The lowest BCUT2D eigenvalue weighted by molar-refractivity contribution is -0.136. The van der Waals surface area contributed by atoms with Gasteiger partial charge >= 0.3 is 0 Å². The van der Waals surface area contributed by atoms with Gasteiger partial charge in [-0.25, -0.2) is 0 Å². The first kappa shape index (κ1) is 5.34. The van der Waals surface area contributed by atoms with Crippen LogP contribution in [0.25, 0.3) is 0 Å². The normalized spacial score (nSPS) is 56.6. The average molecular weight is 136 g/mol. The maximum absolute atomic E-state index is 11.1. The molecule has 3 saturated carbocycles. The van der Waals surface area contributed by atoms with Gasteiger partial charge in [0.25, 0.3) is 0 Å². The topological polar surface area (TPSA) is 17.1 Å². The van der Waals surface area contributed by atoms with Crippen LogP contribution in [0.1, 0.15) is 25.7 Å². The maximum Gasteiger partial charge on any atom is 0.136 e. The second-order valence-electron chi connectivity index (χ2n) is 4.19. The number of hydrogen-bond donors (Lipinski definition) is 0. The van der Waals surface area contributed by atoms with Crippen LogP contribution in [0.15, 0.2) is 0 Å². The third-order valence-corrected chi connectivity index (χ3v) is 3.90. The highest BCUT2D eigenvalue weighted by molar-refractivity contribution is 5.88. The van der Waals surface area contributed by atoms with E-state index in [1.54, 1.807) is 0 Å². The Labute approximate surface area is 60.8 Å². The van der Waals surface area contributed by atoms with E-state index >= 15 is 0 Å². The predicted octanol–water partition coefficient (Wildman–Crippen LogP) is 1.62. The van der Waals surface area contributed by atoms with Crippen molar-refractivity contribution in [2.75, 3.05) is 0 Å². The Morgan fingerprint density at radius 1 is 1.20 bits per heavy atom. The van der Waals surface area contributed by atoms with E-state index in [0.29, 0.717) is 11.7 Å².